The van der Waals surface area contributed by atoms with E-state index in [1.54, 1.807) is 52.0 Å². The van der Waals surface area contributed by atoms with Gasteiger partial charge in [0.25, 0.3) is 0 Å². The van der Waals surface area contributed by atoms with Crippen LogP contribution in [0.1, 0.15) is 38.8 Å². The summed E-state index contributed by atoms with van der Waals surface area (Å²) in [5.41, 5.74) is 1.84. The summed E-state index contributed by atoms with van der Waals surface area (Å²) < 4.78 is 69.1. The number of carbonyl (C=O) groups is 2. The normalized spacial score (nSPS) is 17.3. The number of rotatable bonds is 10. The van der Waals surface area contributed by atoms with Crippen molar-refractivity contribution >= 4 is 31.9 Å². The van der Waals surface area contributed by atoms with Crippen LogP contribution in [0.3, 0.4) is 0 Å². The molecule has 2 unspecified atom stereocenters. The van der Waals surface area contributed by atoms with Gasteiger partial charge in [0.2, 0.25) is 31.9 Å². The molecule has 0 aromatic heterocycles. The highest BCUT2D eigenvalue weighted by atomic mass is 32.2. The summed E-state index contributed by atoms with van der Waals surface area (Å²) in [5.74, 6) is -1.42. The summed E-state index contributed by atoms with van der Waals surface area (Å²) in [4.78, 5) is 30.4. The van der Waals surface area contributed by atoms with Gasteiger partial charge in [-0.2, -0.15) is 9.44 Å². The zero-order chi connectivity index (χ0) is 34.1. The van der Waals surface area contributed by atoms with E-state index < -0.39 is 32.1 Å². The molecule has 2 atom stereocenters. The Balaban J connectivity index is 1.64. The maximum atomic E-state index is 13.6. The van der Waals surface area contributed by atoms with Crippen LogP contribution in [0.4, 0.5) is 0 Å². The molecule has 12 nitrogen and oxygen atoms in total. The first kappa shape index (κ1) is 37.6. The number of aryl methyl sites for hydroxylation is 2. The smallest absolute Gasteiger partial charge is 0.241 e. The fourth-order valence-corrected chi connectivity index (χ4v) is 7.48. The minimum atomic E-state index is -3.94. The predicted octanol–water partition coefficient (Wildman–Crippen LogP) is 2.31. The molecule has 0 aliphatic carbocycles. The number of sulfonamides is 2. The molecule has 1 aliphatic rings. The Morgan fingerprint density at radius 2 is 0.870 bits per heavy atom. The molecule has 1 heterocycles. The van der Waals surface area contributed by atoms with Gasteiger partial charge in [-0.3, -0.25) is 9.59 Å². The second-order valence-corrected chi connectivity index (χ2v) is 15.6. The van der Waals surface area contributed by atoms with Gasteiger partial charge in [-0.1, -0.05) is 63.1 Å². The van der Waals surface area contributed by atoms with Gasteiger partial charge in [0, 0.05) is 26.2 Å². The van der Waals surface area contributed by atoms with Gasteiger partial charge in [-0.15, -0.1) is 0 Å². The second-order valence-electron chi connectivity index (χ2n) is 12.2. The van der Waals surface area contributed by atoms with Crippen molar-refractivity contribution in [2.24, 2.45) is 11.8 Å². The lowest BCUT2D eigenvalue weighted by Crippen LogP contribution is -2.53. The van der Waals surface area contributed by atoms with Crippen LogP contribution in [-0.4, -0.2) is 103 Å². The zero-order valence-corrected chi connectivity index (χ0v) is 29.2. The molecule has 0 saturated carbocycles. The highest BCUT2D eigenvalue weighted by Crippen LogP contribution is 2.17. The minimum absolute atomic E-state index is 0.0821. The number of carbonyl (C=O) groups excluding carboxylic acids is 2. The minimum Gasteiger partial charge on any atom is -0.378 e. The summed E-state index contributed by atoms with van der Waals surface area (Å²) >= 11 is 0. The molecule has 2 N–H and O–H groups in total. The molecular weight excluding hydrogens is 633 g/mol. The van der Waals surface area contributed by atoms with Crippen LogP contribution in [0.25, 0.3) is 0 Å². The Morgan fingerprint density at radius 1 is 0.587 bits per heavy atom. The fraction of sp³-hybridized carbons (Fsp3) is 0.562. The van der Waals surface area contributed by atoms with Gasteiger partial charge in [-0.25, -0.2) is 16.8 Å². The number of amides is 2. The molecule has 2 aromatic carbocycles. The van der Waals surface area contributed by atoms with Crippen molar-refractivity contribution in [3.63, 3.8) is 0 Å². The monoisotopic (exact) mass is 680 g/mol. The number of hydrogen-bond donors (Lipinski definition) is 2. The van der Waals surface area contributed by atoms with E-state index in [9.17, 15) is 26.4 Å². The van der Waals surface area contributed by atoms with Crippen LogP contribution in [0.2, 0.25) is 0 Å². The van der Waals surface area contributed by atoms with E-state index >= 15 is 0 Å². The first-order valence-electron chi connectivity index (χ1n) is 15.5. The van der Waals surface area contributed by atoms with Gasteiger partial charge in [0.05, 0.1) is 36.2 Å². The van der Waals surface area contributed by atoms with Crippen LogP contribution in [-0.2, 0) is 39.1 Å². The fourth-order valence-electron chi connectivity index (χ4n) is 4.81. The van der Waals surface area contributed by atoms with Crippen LogP contribution in [0, 0.1) is 25.7 Å². The summed E-state index contributed by atoms with van der Waals surface area (Å²) in [6.45, 7) is 12.2. The lowest BCUT2D eigenvalue weighted by Gasteiger charge is -2.32. The third-order valence-corrected chi connectivity index (χ3v) is 10.7. The van der Waals surface area contributed by atoms with Crippen LogP contribution < -0.4 is 9.44 Å². The van der Waals surface area contributed by atoms with Crippen molar-refractivity contribution in [1.82, 2.24) is 19.2 Å². The van der Waals surface area contributed by atoms with E-state index in [0.717, 1.165) is 11.1 Å². The summed E-state index contributed by atoms with van der Waals surface area (Å²) in [7, 11) is -7.88. The average molecular weight is 681 g/mol. The molecule has 256 valence electrons. The number of nitrogens with zero attached hydrogens (tertiary/aromatic N) is 2. The van der Waals surface area contributed by atoms with Crippen LogP contribution in [0.5, 0.6) is 0 Å². The molecule has 1 fully saturated rings. The van der Waals surface area contributed by atoms with Crippen LogP contribution >= 0.6 is 0 Å². The lowest BCUT2D eigenvalue weighted by atomic mass is 10.0. The average Bonchev–Trinajstić information content (AvgIpc) is 2.98. The lowest BCUT2D eigenvalue weighted by molar-refractivity contribution is -0.137. The maximum absolute atomic E-state index is 13.6. The van der Waals surface area contributed by atoms with E-state index in [1.807, 2.05) is 13.8 Å². The first-order chi connectivity index (χ1) is 21.6. The molecule has 0 bridgehead atoms. The topological polar surface area (TPSA) is 151 Å². The highest BCUT2D eigenvalue weighted by molar-refractivity contribution is 7.89. The summed E-state index contributed by atoms with van der Waals surface area (Å²) in [6.07, 6.45) is 0. The zero-order valence-electron chi connectivity index (χ0n) is 27.6. The van der Waals surface area contributed by atoms with E-state index in [2.05, 4.69) is 9.44 Å². The molecule has 2 amide bonds. The van der Waals surface area contributed by atoms with E-state index in [1.165, 1.54) is 34.1 Å². The van der Waals surface area contributed by atoms with Crippen molar-refractivity contribution in [3.8, 4) is 0 Å². The molecule has 46 heavy (non-hydrogen) atoms. The molecule has 2 aromatic rings. The van der Waals surface area contributed by atoms with Gasteiger partial charge in [0.15, 0.2) is 0 Å². The summed E-state index contributed by atoms with van der Waals surface area (Å²) in [6, 6.07) is 10.8. The Labute approximate surface area is 273 Å². The SMILES string of the molecule is Cc1ccc(S(=O)(=O)NC(C(=O)N2CCOCCN(C(=O)C(NS(=O)(=O)c3ccc(C)cc3)C(C)C)CCOCC2)C(C)C)cc1. The van der Waals surface area contributed by atoms with E-state index in [4.69, 9.17) is 9.47 Å². The summed E-state index contributed by atoms with van der Waals surface area (Å²) in [5, 5.41) is 0. The molecule has 3 rings (SSSR count). The second kappa shape index (κ2) is 16.8. The van der Waals surface area contributed by atoms with Gasteiger partial charge >= 0.3 is 0 Å². The molecule has 1 saturated heterocycles. The third-order valence-electron chi connectivity index (χ3n) is 7.74. The van der Waals surface area contributed by atoms with Gasteiger partial charge in [0.1, 0.15) is 12.1 Å². The Bertz CT molecular complexity index is 1380. The number of ether oxygens (including phenoxy) is 2. The first-order valence-corrected chi connectivity index (χ1v) is 18.5. The number of benzene rings is 2. The largest absolute Gasteiger partial charge is 0.378 e. The van der Waals surface area contributed by atoms with Crippen molar-refractivity contribution in [2.75, 3.05) is 52.6 Å². The number of nitrogens with one attached hydrogen (secondary N) is 2. The van der Waals surface area contributed by atoms with Crippen molar-refractivity contribution in [1.29, 1.82) is 0 Å². The van der Waals surface area contributed by atoms with Crippen molar-refractivity contribution in [3.05, 3.63) is 59.7 Å². The number of hydrogen-bond acceptors (Lipinski definition) is 8. The van der Waals surface area contributed by atoms with Crippen molar-refractivity contribution < 1.29 is 35.9 Å². The molecule has 1 aliphatic heterocycles. The molecule has 0 spiro atoms. The van der Waals surface area contributed by atoms with Crippen molar-refractivity contribution in [2.45, 2.75) is 63.4 Å². The van der Waals surface area contributed by atoms with Gasteiger partial charge < -0.3 is 19.3 Å². The third kappa shape index (κ3) is 10.6. The van der Waals surface area contributed by atoms with Gasteiger partial charge in [-0.05, 0) is 49.9 Å². The Morgan fingerprint density at radius 3 is 1.13 bits per heavy atom. The highest BCUT2D eigenvalue weighted by Gasteiger charge is 2.33. The molecular formula is C32H48N4O8S2. The predicted molar refractivity (Wildman–Crippen MR) is 175 cm³/mol. The Hall–Kier alpha value is -2.88. The Kier molecular flexibility index (Phi) is 13.7. The maximum Gasteiger partial charge on any atom is 0.241 e. The molecule has 0 radical (unpaired) electrons. The van der Waals surface area contributed by atoms with E-state index in [-0.39, 0.29) is 86.0 Å². The van der Waals surface area contributed by atoms with Crippen LogP contribution in [0.15, 0.2) is 58.3 Å². The van der Waals surface area contributed by atoms with E-state index in [0.29, 0.717) is 0 Å². The quantitative estimate of drug-likeness (QED) is 0.388. The standard InChI is InChI=1S/C32H48N4O8S2/c1-23(2)29(33-45(39,40)27-11-7-25(5)8-12-27)31(37)35-15-19-43-21-17-36(18-22-44-20-16-35)32(38)30(24(3)4)34-46(41,42)28-13-9-26(6)10-14-28/h7-14,23-24,29-30,33-34H,15-22H2,1-6H3. The molecule has 14 heteroatoms.